The average Bonchev–Trinajstić information content (AvgIpc) is 2.31. The summed E-state index contributed by atoms with van der Waals surface area (Å²) in [6, 6.07) is 0. The lowest BCUT2D eigenvalue weighted by Crippen LogP contribution is -2.20. The van der Waals surface area contributed by atoms with Gasteiger partial charge in [-0.1, -0.05) is 0 Å². The standard InChI is InChI=1S/C8H17NO2S/c1-9-4-7(8(11)5-9)6-12-3-2-10/h7-8,10-11H,2-6H2,1H3/t7-,8+/m0/s1. The number of hydrogen-bond acceptors (Lipinski definition) is 4. The number of β-amino-alcohol motifs (C(OH)–C–C–N with tert-alkyl or cyclic N) is 1. The van der Waals surface area contributed by atoms with Gasteiger partial charge in [-0.2, -0.15) is 11.8 Å². The second-order valence-corrected chi connectivity index (χ2v) is 4.50. The summed E-state index contributed by atoms with van der Waals surface area (Å²) in [5.74, 6) is 2.14. The molecule has 0 radical (unpaired) electrons. The van der Waals surface area contributed by atoms with E-state index in [1.165, 1.54) is 0 Å². The molecule has 72 valence electrons. The van der Waals surface area contributed by atoms with E-state index in [1.807, 2.05) is 7.05 Å². The van der Waals surface area contributed by atoms with E-state index in [0.29, 0.717) is 5.92 Å². The predicted molar refractivity (Wildman–Crippen MR) is 51.4 cm³/mol. The normalized spacial score (nSPS) is 31.2. The van der Waals surface area contributed by atoms with Crippen molar-refractivity contribution in [3.63, 3.8) is 0 Å². The summed E-state index contributed by atoms with van der Waals surface area (Å²) in [4.78, 5) is 2.15. The van der Waals surface area contributed by atoms with E-state index >= 15 is 0 Å². The van der Waals surface area contributed by atoms with E-state index in [2.05, 4.69) is 4.90 Å². The third kappa shape index (κ3) is 2.94. The third-order valence-corrected chi connectivity index (χ3v) is 3.29. The van der Waals surface area contributed by atoms with Gasteiger partial charge in [-0.3, -0.25) is 0 Å². The van der Waals surface area contributed by atoms with E-state index in [1.54, 1.807) is 11.8 Å². The molecule has 0 aromatic rings. The topological polar surface area (TPSA) is 43.7 Å². The molecule has 0 aromatic carbocycles. The van der Waals surface area contributed by atoms with Crippen LogP contribution in [-0.2, 0) is 0 Å². The van der Waals surface area contributed by atoms with Crippen LogP contribution in [0.25, 0.3) is 0 Å². The highest BCUT2D eigenvalue weighted by molar-refractivity contribution is 7.99. The zero-order chi connectivity index (χ0) is 8.97. The first-order valence-electron chi connectivity index (χ1n) is 4.29. The lowest BCUT2D eigenvalue weighted by Gasteiger charge is -2.11. The molecule has 1 fully saturated rings. The highest BCUT2D eigenvalue weighted by atomic mass is 32.2. The van der Waals surface area contributed by atoms with Gasteiger partial charge in [0.05, 0.1) is 12.7 Å². The Balaban J connectivity index is 2.15. The van der Waals surface area contributed by atoms with Gasteiger partial charge in [-0.05, 0) is 12.8 Å². The van der Waals surface area contributed by atoms with Crippen molar-refractivity contribution in [1.29, 1.82) is 0 Å². The van der Waals surface area contributed by atoms with Crippen molar-refractivity contribution in [1.82, 2.24) is 4.90 Å². The summed E-state index contributed by atoms with van der Waals surface area (Å²) in [6.45, 7) is 2.02. The molecule has 0 unspecified atom stereocenters. The molecular formula is C8H17NO2S. The fraction of sp³-hybridized carbons (Fsp3) is 1.00. The Morgan fingerprint density at radius 1 is 1.50 bits per heavy atom. The molecule has 1 aliphatic heterocycles. The van der Waals surface area contributed by atoms with Crippen LogP contribution in [0, 0.1) is 5.92 Å². The molecule has 1 saturated heterocycles. The van der Waals surface area contributed by atoms with E-state index < -0.39 is 0 Å². The average molecular weight is 191 g/mol. The maximum atomic E-state index is 9.54. The van der Waals surface area contributed by atoms with Crippen LogP contribution < -0.4 is 0 Å². The number of rotatable bonds is 4. The number of likely N-dealkylation sites (N-methyl/N-ethyl adjacent to an activating group) is 1. The maximum absolute atomic E-state index is 9.54. The van der Waals surface area contributed by atoms with E-state index in [9.17, 15) is 5.11 Å². The van der Waals surface area contributed by atoms with Gasteiger partial charge in [0, 0.05) is 24.8 Å². The zero-order valence-electron chi connectivity index (χ0n) is 7.44. The molecule has 4 heteroatoms. The smallest absolute Gasteiger partial charge is 0.0715 e. The molecule has 2 N–H and O–H groups in total. The van der Waals surface area contributed by atoms with Crippen LogP contribution in [0.15, 0.2) is 0 Å². The molecule has 2 atom stereocenters. The molecule has 1 rings (SSSR count). The minimum absolute atomic E-state index is 0.166. The molecular weight excluding hydrogens is 174 g/mol. The Hall–Kier alpha value is 0.230. The van der Waals surface area contributed by atoms with Crippen molar-refractivity contribution in [3.8, 4) is 0 Å². The lowest BCUT2D eigenvalue weighted by atomic mass is 10.1. The molecule has 0 saturated carbocycles. The second kappa shape index (κ2) is 5.07. The molecule has 0 aliphatic carbocycles. The van der Waals surface area contributed by atoms with Crippen molar-refractivity contribution in [2.45, 2.75) is 6.10 Å². The zero-order valence-corrected chi connectivity index (χ0v) is 8.26. The first-order valence-corrected chi connectivity index (χ1v) is 5.44. The van der Waals surface area contributed by atoms with Crippen LogP contribution in [0.3, 0.4) is 0 Å². The summed E-state index contributed by atoms with van der Waals surface area (Å²) in [6.07, 6.45) is -0.166. The van der Waals surface area contributed by atoms with Gasteiger partial charge >= 0.3 is 0 Å². The molecule has 0 spiro atoms. The monoisotopic (exact) mass is 191 g/mol. The van der Waals surface area contributed by atoms with Crippen molar-refractivity contribution >= 4 is 11.8 Å². The fourth-order valence-electron chi connectivity index (χ4n) is 1.53. The highest BCUT2D eigenvalue weighted by Crippen LogP contribution is 2.19. The van der Waals surface area contributed by atoms with Crippen molar-refractivity contribution in [2.24, 2.45) is 5.92 Å². The summed E-state index contributed by atoms with van der Waals surface area (Å²) in [5, 5.41) is 18.1. The van der Waals surface area contributed by atoms with Crippen LogP contribution >= 0.6 is 11.8 Å². The Morgan fingerprint density at radius 2 is 2.25 bits per heavy atom. The molecule has 0 bridgehead atoms. The lowest BCUT2D eigenvalue weighted by molar-refractivity contribution is 0.152. The van der Waals surface area contributed by atoms with Crippen molar-refractivity contribution in [2.75, 3.05) is 38.2 Å². The van der Waals surface area contributed by atoms with Gasteiger partial charge in [0.2, 0.25) is 0 Å². The number of nitrogens with zero attached hydrogens (tertiary/aromatic N) is 1. The Kier molecular flexibility index (Phi) is 4.35. The number of aliphatic hydroxyl groups is 2. The predicted octanol–water partition coefficient (Wildman–Crippen LogP) is -0.366. The number of thioether (sulfide) groups is 1. The first kappa shape index (κ1) is 10.3. The third-order valence-electron chi connectivity index (χ3n) is 2.16. The summed E-state index contributed by atoms with van der Waals surface area (Å²) >= 11 is 1.72. The maximum Gasteiger partial charge on any atom is 0.0715 e. The number of aliphatic hydroxyl groups excluding tert-OH is 2. The van der Waals surface area contributed by atoms with Gasteiger partial charge in [-0.25, -0.2) is 0 Å². The first-order chi connectivity index (χ1) is 5.74. The minimum atomic E-state index is -0.166. The van der Waals surface area contributed by atoms with Crippen LogP contribution in [0.4, 0.5) is 0 Å². The molecule has 0 amide bonds. The SMILES string of the molecule is CN1C[C@@H](CSCCO)[C@H](O)C1. The van der Waals surface area contributed by atoms with Gasteiger partial charge in [0.25, 0.3) is 0 Å². The van der Waals surface area contributed by atoms with Crippen molar-refractivity contribution < 1.29 is 10.2 Å². The van der Waals surface area contributed by atoms with Gasteiger partial charge in [0.15, 0.2) is 0 Å². The van der Waals surface area contributed by atoms with Crippen LogP contribution in [0.2, 0.25) is 0 Å². The van der Waals surface area contributed by atoms with Crippen LogP contribution in [-0.4, -0.2) is 59.5 Å². The molecule has 1 heterocycles. The van der Waals surface area contributed by atoms with E-state index in [0.717, 1.165) is 24.6 Å². The van der Waals surface area contributed by atoms with E-state index in [4.69, 9.17) is 5.11 Å². The quantitative estimate of drug-likeness (QED) is 0.595. The number of hydrogen-bond donors (Lipinski definition) is 2. The van der Waals surface area contributed by atoms with Gasteiger partial charge < -0.3 is 15.1 Å². The van der Waals surface area contributed by atoms with Gasteiger partial charge in [0.1, 0.15) is 0 Å². The summed E-state index contributed by atoms with van der Waals surface area (Å²) in [7, 11) is 2.03. The minimum Gasteiger partial charge on any atom is -0.396 e. The molecule has 3 nitrogen and oxygen atoms in total. The largest absolute Gasteiger partial charge is 0.396 e. The molecule has 1 aliphatic rings. The van der Waals surface area contributed by atoms with Crippen molar-refractivity contribution in [3.05, 3.63) is 0 Å². The van der Waals surface area contributed by atoms with Crippen LogP contribution in [0.1, 0.15) is 0 Å². The highest BCUT2D eigenvalue weighted by Gasteiger charge is 2.28. The summed E-state index contributed by atoms with van der Waals surface area (Å²) < 4.78 is 0. The van der Waals surface area contributed by atoms with E-state index in [-0.39, 0.29) is 12.7 Å². The number of likely N-dealkylation sites (tertiary alicyclic amines) is 1. The Morgan fingerprint density at radius 3 is 2.75 bits per heavy atom. The molecule has 12 heavy (non-hydrogen) atoms. The molecule has 0 aromatic heterocycles. The second-order valence-electron chi connectivity index (χ2n) is 3.35. The van der Waals surface area contributed by atoms with Crippen LogP contribution in [0.5, 0.6) is 0 Å². The Labute approximate surface area is 77.8 Å². The summed E-state index contributed by atoms with van der Waals surface area (Å²) in [5.41, 5.74) is 0. The fourth-order valence-corrected chi connectivity index (χ4v) is 2.45. The Bertz CT molecular complexity index is 134. The van der Waals surface area contributed by atoms with Gasteiger partial charge in [-0.15, -0.1) is 0 Å².